The minimum absolute atomic E-state index is 0.0961. The molecule has 0 unspecified atom stereocenters. The minimum atomic E-state index is 0.0961. The van der Waals surface area contributed by atoms with Crippen molar-refractivity contribution in [1.82, 2.24) is 0 Å². The van der Waals surface area contributed by atoms with Crippen molar-refractivity contribution in [2.24, 2.45) is 0 Å². The molecule has 1 nitrogen and oxygen atoms in total. The molecule has 0 amide bonds. The Morgan fingerprint density at radius 3 is 2.42 bits per heavy atom. The summed E-state index contributed by atoms with van der Waals surface area (Å²) in [6, 6.07) is 12.1. The van der Waals surface area contributed by atoms with E-state index in [1.165, 1.54) is 11.1 Å². The van der Waals surface area contributed by atoms with Gasteiger partial charge in [-0.25, -0.2) is 0 Å². The van der Waals surface area contributed by atoms with Crippen LogP contribution in [0.15, 0.2) is 50.7 Å². The van der Waals surface area contributed by atoms with Gasteiger partial charge in [-0.3, -0.25) is 4.79 Å². The van der Waals surface area contributed by atoms with Crippen molar-refractivity contribution >= 4 is 33.5 Å². The molecule has 0 aliphatic rings. The van der Waals surface area contributed by atoms with Crippen LogP contribution in [0.5, 0.6) is 0 Å². The van der Waals surface area contributed by atoms with Crippen molar-refractivity contribution in [2.45, 2.75) is 30.6 Å². The van der Waals surface area contributed by atoms with E-state index in [0.717, 1.165) is 19.8 Å². The number of halogens is 1. The molecule has 0 N–H and O–H groups in total. The van der Waals surface area contributed by atoms with Crippen LogP contribution in [0.1, 0.15) is 28.4 Å². The fourth-order valence-electron chi connectivity index (χ4n) is 1.78. The molecule has 0 bridgehead atoms. The van der Waals surface area contributed by atoms with Crippen molar-refractivity contribution < 1.29 is 4.79 Å². The first-order valence-corrected chi connectivity index (χ1v) is 7.64. The maximum atomic E-state index is 11.7. The van der Waals surface area contributed by atoms with E-state index in [2.05, 4.69) is 48.0 Å². The molecule has 2 rings (SSSR count). The lowest BCUT2D eigenvalue weighted by molar-refractivity contribution is 0.101. The molecule has 3 heteroatoms. The minimum Gasteiger partial charge on any atom is -0.294 e. The SMILES string of the molecule is CC(=O)c1ccc(Br)cc1Sc1ccc(C)c(C)c1. The number of aryl methyl sites for hydroxylation is 2. The molecule has 0 aliphatic carbocycles. The summed E-state index contributed by atoms with van der Waals surface area (Å²) in [4.78, 5) is 13.8. The fraction of sp³-hybridized carbons (Fsp3) is 0.188. The highest BCUT2D eigenvalue weighted by molar-refractivity contribution is 9.10. The molecule has 0 heterocycles. The highest BCUT2D eigenvalue weighted by atomic mass is 79.9. The van der Waals surface area contributed by atoms with Crippen LogP contribution < -0.4 is 0 Å². The number of Topliss-reactive ketones (excluding diaryl/α,β-unsaturated/α-hetero) is 1. The van der Waals surface area contributed by atoms with E-state index in [4.69, 9.17) is 0 Å². The highest BCUT2D eigenvalue weighted by Crippen LogP contribution is 2.33. The third kappa shape index (κ3) is 3.48. The molecule has 0 spiro atoms. The second-order valence-corrected chi connectivity index (χ2v) is 6.58. The Morgan fingerprint density at radius 1 is 1.05 bits per heavy atom. The van der Waals surface area contributed by atoms with Crippen molar-refractivity contribution in [1.29, 1.82) is 0 Å². The summed E-state index contributed by atoms with van der Waals surface area (Å²) >= 11 is 5.09. The quantitative estimate of drug-likeness (QED) is 0.697. The first-order valence-electron chi connectivity index (χ1n) is 6.03. The number of hydrogen-bond acceptors (Lipinski definition) is 2. The van der Waals surface area contributed by atoms with Gasteiger partial charge in [0.15, 0.2) is 5.78 Å². The van der Waals surface area contributed by atoms with Crippen LogP contribution >= 0.6 is 27.7 Å². The van der Waals surface area contributed by atoms with Gasteiger partial charge < -0.3 is 0 Å². The first-order chi connectivity index (χ1) is 8.97. The average Bonchev–Trinajstić information content (AvgIpc) is 2.33. The van der Waals surface area contributed by atoms with E-state index in [-0.39, 0.29) is 5.78 Å². The van der Waals surface area contributed by atoms with E-state index in [0.29, 0.717) is 0 Å². The lowest BCUT2D eigenvalue weighted by Crippen LogP contribution is -1.95. The van der Waals surface area contributed by atoms with E-state index < -0.39 is 0 Å². The van der Waals surface area contributed by atoms with Crippen molar-refractivity contribution in [2.75, 3.05) is 0 Å². The number of ketones is 1. The van der Waals surface area contributed by atoms with Crippen LogP contribution in [0, 0.1) is 13.8 Å². The first kappa shape index (κ1) is 14.4. The predicted octanol–water partition coefficient (Wildman–Crippen LogP) is 5.42. The second kappa shape index (κ2) is 5.93. The Labute approximate surface area is 126 Å². The molecule has 2 aromatic rings. The molecule has 0 saturated carbocycles. The van der Waals surface area contributed by atoms with E-state index in [1.807, 2.05) is 18.2 Å². The Morgan fingerprint density at radius 2 is 1.79 bits per heavy atom. The van der Waals surface area contributed by atoms with Crippen LogP contribution in [0.3, 0.4) is 0 Å². The molecule has 0 atom stereocenters. The summed E-state index contributed by atoms with van der Waals surface area (Å²) in [5, 5.41) is 0. The van der Waals surface area contributed by atoms with Gasteiger partial charge in [0.1, 0.15) is 0 Å². The summed E-state index contributed by atoms with van der Waals surface area (Å²) in [6.07, 6.45) is 0. The van der Waals surface area contributed by atoms with Gasteiger partial charge in [0.25, 0.3) is 0 Å². The van der Waals surface area contributed by atoms with Crippen LogP contribution in [-0.4, -0.2) is 5.78 Å². The van der Waals surface area contributed by atoms with Gasteiger partial charge in [0, 0.05) is 19.8 Å². The number of rotatable bonds is 3. The maximum Gasteiger partial charge on any atom is 0.160 e. The molecule has 0 aromatic heterocycles. The van der Waals surface area contributed by atoms with Gasteiger partial charge in [-0.1, -0.05) is 33.8 Å². The van der Waals surface area contributed by atoms with Crippen LogP contribution in [0.4, 0.5) is 0 Å². The van der Waals surface area contributed by atoms with Gasteiger partial charge in [0.05, 0.1) is 0 Å². The van der Waals surface area contributed by atoms with Gasteiger partial charge in [0.2, 0.25) is 0 Å². The van der Waals surface area contributed by atoms with Gasteiger partial charge in [-0.2, -0.15) is 0 Å². The second-order valence-electron chi connectivity index (χ2n) is 4.54. The Balaban J connectivity index is 2.39. The number of hydrogen-bond donors (Lipinski definition) is 0. The number of benzene rings is 2. The summed E-state index contributed by atoms with van der Waals surface area (Å²) in [5.74, 6) is 0.0961. The Bertz CT molecular complexity index is 635. The molecule has 0 saturated heterocycles. The molecular formula is C16H15BrOS. The van der Waals surface area contributed by atoms with Crippen LogP contribution in [0.2, 0.25) is 0 Å². The third-order valence-corrected chi connectivity index (χ3v) is 4.57. The lowest BCUT2D eigenvalue weighted by Gasteiger charge is -2.09. The monoisotopic (exact) mass is 334 g/mol. The smallest absolute Gasteiger partial charge is 0.160 e. The molecule has 98 valence electrons. The highest BCUT2D eigenvalue weighted by Gasteiger charge is 2.09. The topological polar surface area (TPSA) is 17.1 Å². The zero-order chi connectivity index (χ0) is 14.0. The molecule has 0 radical (unpaired) electrons. The number of carbonyl (C=O) groups is 1. The summed E-state index contributed by atoms with van der Waals surface area (Å²) in [7, 11) is 0. The van der Waals surface area contributed by atoms with E-state index in [9.17, 15) is 4.79 Å². The summed E-state index contributed by atoms with van der Waals surface area (Å²) < 4.78 is 0.990. The summed E-state index contributed by atoms with van der Waals surface area (Å²) in [5.41, 5.74) is 3.32. The normalized spacial score (nSPS) is 10.5. The van der Waals surface area contributed by atoms with Crippen molar-refractivity contribution in [3.63, 3.8) is 0 Å². The third-order valence-electron chi connectivity index (χ3n) is 3.03. The standard InChI is InChI=1S/C16H15BrOS/c1-10-4-6-14(8-11(10)2)19-16-9-13(17)5-7-15(16)12(3)18/h4-9H,1-3H3. The molecule has 0 fully saturated rings. The van der Waals surface area contributed by atoms with Gasteiger partial charge in [-0.15, -0.1) is 0 Å². The predicted molar refractivity (Wildman–Crippen MR) is 84.2 cm³/mol. The summed E-state index contributed by atoms with van der Waals surface area (Å²) in [6.45, 7) is 5.81. The van der Waals surface area contributed by atoms with E-state index in [1.54, 1.807) is 18.7 Å². The average molecular weight is 335 g/mol. The van der Waals surface area contributed by atoms with Gasteiger partial charge >= 0.3 is 0 Å². The lowest BCUT2D eigenvalue weighted by atomic mass is 10.1. The number of carbonyl (C=O) groups excluding carboxylic acids is 1. The molecular weight excluding hydrogens is 320 g/mol. The molecule has 19 heavy (non-hydrogen) atoms. The van der Waals surface area contributed by atoms with Crippen LogP contribution in [0.25, 0.3) is 0 Å². The zero-order valence-electron chi connectivity index (χ0n) is 11.2. The largest absolute Gasteiger partial charge is 0.294 e. The molecule has 2 aromatic carbocycles. The van der Waals surface area contributed by atoms with Crippen molar-refractivity contribution in [3.8, 4) is 0 Å². The van der Waals surface area contributed by atoms with Gasteiger partial charge in [-0.05, 0) is 62.2 Å². The zero-order valence-corrected chi connectivity index (χ0v) is 13.6. The van der Waals surface area contributed by atoms with E-state index >= 15 is 0 Å². The maximum absolute atomic E-state index is 11.7. The van der Waals surface area contributed by atoms with Crippen molar-refractivity contribution in [3.05, 3.63) is 57.6 Å². The van der Waals surface area contributed by atoms with Crippen LogP contribution in [-0.2, 0) is 0 Å². The molecule has 0 aliphatic heterocycles. The fourth-order valence-corrected chi connectivity index (χ4v) is 3.42. The Hall–Kier alpha value is -1.06. The Kier molecular flexibility index (Phi) is 4.48.